The smallest absolute Gasteiger partial charge is 0.339 e. The Labute approximate surface area is 197 Å². The lowest BCUT2D eigenvalue weighted by atomic mass is 9.95. The van der Waals surface area contributed by atoms with E-state index in [1.807, 2.05) is 19.9 Å². The van der Waals surface area contributed by atoms with Crippen LogP contribution in [-0.4, -0.2) is 29.6 Å². The molecule has 0 atom stereocenters. The molecule has 2 heterocycles. The van der Waals surface area contributed by atoms with Crippen LogP contribution in [0.5, 0.6) is 0 Å². The first-order valence-corrected chi connectivity index (χ1v) is 12.2. The topological polar surface area (TPSA) is 110 Å². The lowest BCUT2D eigenvalue weighted by molar-refractivity contribution is 0.00954. The molecule has 0 unspecified atom stereocenters. The number of benzene rings is 2. The standard InChI is InChI=1S/C23H23ClN4O4S/c1-13(2)33(30,31)19-8-6-5-7-18(19)27-20-17(24)12-25-22(28-20)26-14-9-10-15-16(11-14)23(3,4)32-21(15)29/h5-13H,1-4H3,(H2,25,26,27,28). The van der Waals surface area contributed by atoms with Crippen molar-refractivity contribution in [1.29, 1.82) is 0 Å². The number of rotatable bonds is 6. The Balaban J connectivity index is 1.64. The highest BCUT2D eigenvalue weighted by Gasteiger charge is 2.37. The molecule has 1 aliphatic heterocycles. The molecule has 0 radical (unpaired) electrons. The summed E-state index contributed by atoms with van der Waals surface area (Å²) >= 11 is 6.29. The van der Waals surface area contributed by atoms with Crippen LogP contribution in [-0.2, 0) is 20.2 Å². The van der Waals surface area contributed by atoms with Crippen molar-refractivity contribution in [2.24, 2.45) is 0 Å². The van der Waals surface area contributed by atoms with Crippen LogP contribution in [0, 0.1) is 0 Å². The third kappa shape index (κ3) is 4.38. The quantitative estimate of drug-likeness (QED) is 0.457. The minimum absolute atomic E-state index is 0.162. The molecule has 1 aliphatic rings. The van der Waals surface area contributed by atoms with Crippen molar-refractivity contribution in [2.75, 3.05) is 10.6 Å². The number of fused-ring (bicyclic) bond motifs is 1. The van der Waals surface area contributed by atoms with E-state index >= 15 is 0 Å². The second-order valence-corrected chi connectivity index (χ2v) is 11.3. The van der Waals surface area contributed by atoms with Gasteiger partial charge in [0.15, 0.2) is 15.7 Å². The zero-order chi connectivity index (χ0) is 24.0. The maximum atomic E-state index is 12.8. The number of carbonyl (C=O) groups is 1. The van der Waals surface area contributed by atoms with Gasteiger partial charge in [-0.2, -0.15) is 4.98 Å². The van der Waals surface area contributed by atoms with Crippen LogP contribution in [0.1, 0.15) is 43.6 Å². The van der Waals surface area contributed by atoms with Gasteiger partial charge in [-0.1, -0.05) is 23.7 Å². The fourth-order valence-corrected chi connectivity index (χ4v) is 4.82. The predicted molar refractivity (Wildman–Crippen MR) is 127 cm³/mol. The summed E-state index contributed by atoms with van der Waals surface area (Å²) in [5.74, 6) is 0.139. The zero-order valence-electron chi connectivity index (χ0n) is 18.5. The second kappa shape index (κ2) is 8.31. The Morgan fingerprint density at radius 1 is 1.09 bits per heavy atom. The first-order chi connectivity index (χ1) is 15.5. The average molecular weight is 487 g/mol. The summed E-state index contributed by atoms with van der Waals surface area (Å²) in [7, 11) is -3.52. The van der Waals surface area contributed by atoms with E-state index < -0.39 is 20.7 Å². The van der Waals surface area contributed by atoms with E-state index in [4.69, 9.17) is 16.3 Å². The number of anilines is 4. The van der Waals surface area contributed by atoms with E-state index in [-0.39, 0.29) is 27.7 Å². The molecule has 0 spiro atoms. The molecule has 8 nitrogen and oxygen atoms in total. The summed E-state index contributed by atoms with van der Waals surface area (Å²) in [6.07, 6.45) is 1.42. The number of aromatic nitrogens is 2. The molecule has 3 aromatic rings. The Morgan fingerprint density at radius 3 is 2.55 bits per heavy atom. The van der Waals surface area contributed by atoms with E-state index in [1.54, 1.807) is 50.2 Å². The number of hydrogen-bond acceptors (Lipinski definition) is 8. The van der Waals surface area contributed by atoms with Gasteiger partial charge in [-0.15, -0.1) is 0 Å². The first-order valence-electron chi connectivity index (χ1n) is 10.3. The molecule has 0 amide bonds. The molecule has 0 aliphatic carbocycles. The largest absolute Gasteiger partial charge is 0.451 e. The second-order valence-electron chi connectivity index (χ2n) is 8.39. The summed E-state index contributed by atoms with van der Waals surface area (Å²) in [5, 5.41) is 5.76. The van der Waals surface area contributed by atoms with Crippen LogP contribution in [0.2, 0.25) is 5.02 Å². The number of cyclic esters (lactones) is 1. The molecule has 0 bridgehead atoms. The number of esters is 1. The van der Waals surface area contributed by atoms with Crippen molar-refractivity contribution < 1.29 is 17.9 Å². The third-order valence-electron chi connectivity index (χ3n) is 5.30. The van der Waals surface area contributed by atoms with Gasteiger partial charge in [-0.25, -0.2) is 18.2 Å². The molecule has 0 fully saturated rings. The van der Waals surface area contributed by atoms with Gasteiger partial charge >= 0.3 is 5.97 Å². The van der Waals surface area contributed by atoms with Crippen LogP contribution in [0.4, 0.5) is 23.1 Å². The van der Waals surface area contributed by atoms with Crippen molar-refractivity contribution in [3.05, 3.63) is 64.8 Å². The Bertz CT molecular complexity index is 1360. The third-order valence-corrected chi connectivity index (χ3v) is 7.79. The SMILES string of the molecule is CC(C)S(=O)(=O)c1ccccc1Nc1nc(Nc2ccc3c(c2)C(C)(C)OC3=O)ncc1Cl. The van der Waals surface area contributed by atoms with Crippen molar-refractivity contribution in [1.82, 2.24) is 9.97 Å². The fourth-order valence-electron chi connectivity index (χ4n) is 3.48. The minimum Gasteiger partial charge on any atom is -0.451 e. The van der Waals surface area contributed by atoms with Gasteiger partial charge in [-0.05, 0) is 58.0 Å². The molecule has 10 heteroatoms. The number of hydrogen-bond donors (Lipinski definition) is 2. The van der Waals surface area contributed by atoms with Crippen molar-refractivity contribution in [2.45, 2.75) is 43.4 Å². The van der Waals surface area contributed by atoms with E-state index in [2.05, 4.69) is 20.6 Å². The molecule has 0 saturated carbocycles. The van der Waals surface area contributed by atoms with Crippen LogP contribution in [0.3, 0.4) is 0 Å². The minimum atomic E-state index is -3.52. The Hall–Kier alpha value is -3.17. The van der Waals surface area contributed by atoms with Gasteiger partial charge in [0.05, 0.1) is 27.6 Å². The van der Waals surface area contributed by atoms with Gasteiger partial charge in [0.25, 0.3) is 0 Å². The van der Waals surface area contributed by atoms with Crippen molar-refractivity contribution in [3.8, 4) is 0 Å². The first kappa shape index (κ1) is 23.0. The highest BCUT2D eigenvalue weighted by Crippen LogP contribution is 2.38. The predicted octanol–water partition coefficient (Wildman–Crippen LogP) is 5.20. The monoisotopic (exact) mass is 486 g/mol. The van der Waals surface area contributed by atoms with Crippen LogP contribution in [0.25, 0.3) is 0 Å². The lowest BCUT2D eigenvalue weighted by Gasteiger charge is -2.18. The van der Waals surface area contributed by atoms with E-state index in [0.29, 0.717) is 16.9 Å². The van der Waals surface area contributed by atoms with E-state index in [1.165, 1.54) is 6.20 Å². The average Bonchev–Trinajstić information content (AvgIpc) is 2.98. The van der Waals surface area contributed by atoms with Gasteiger partial charge in [-0.3, -0.25) is 0 Å². The highest BCUT2D eigenvalue weighted by atomic mass is 35.5. The van der Waals surface area contributed by atoms with Gasteiger partial charge in [0.2, 0.25) is 5.95 Å². The molecule has 172 valence electrons. The van der Waals surface area contributed by atoms with E-state index in [0.717, 1.165) is 5.56 Å². The number of ether oxygens (including phenoxy) is 1. The number of nitrogens with zero attached hydrogens (tertiary/aromatic N) is 2. The number of nitrogens with one attached hydrogen (secondary N) is 2. The van der Waals surface area contributed by atoms with Crippen molar-refractivity contribution >= 4 is 50.5 Å². The summed E-state index contributed by atoms with van der Waals surface area (Å²) in [6, 6.07) is 11.8. The molecular weight excluding hydrogens is 464 g/mol. The zero-order valence-corrected chi connectivity index (χ0v) is 20.1. The Kier molecular flexibility index (Phi) is 5.79. The molecular formula is C23H23ClN4O4S. The maximum Gasteiger partial charge on any atom is 0.339 e. The molecule has 1 aromatic heterocycles. The maximum absolute atomic E-state index is 12.8. The highest BCUT2D eigenvalue weighted by molar-refractivity contribution is 7.92. The van der Waals surface area contributed by atoms with Crippen LogP contribution >= 0.6 is 11.6 Å². The molecule has 33 heavy (non-hydrogen) atoms. The van der Waals surface area contributed by atoms with Gasteiger partial charge in [0.1, 0.15) is 10.6 Å². The van der Waals surface area contributed by atoms with E-state index in [9.17, 15) is 13.2 Å². The normalized spacial score (nSPS) is 14.7. The number of carbonyl (C=O) groups excluding carboxylic acids is 1. The molecule has 4 rings (SSSR count). The van der Waals surface area contributed by atoms with Gasteiger partial charge < -0.3 is 15.4 Å². The van der Waals surface area contributed by atoms with Gasteiger partial charge in [0, 0.05) is 11.3 Å². The summed E-state index contributed by atoms with van der Waals surface area (Å²) in [6.45, 7) is 6.90. The fraction of sp³-hybridized carbons (Fsp3) is 0.261. The Morgan fingerprint density at radius 2 is 1.82 bits per heavy atom. The summed E-state index contributed by atoms with van der Waals surface area (Å²) in [4.78, 5) is 20.8. The molecule has 2 N–H and O–H groups in total. The van der Waals surface area contributed by atoms with Crippen LogP contribution < -0.4 is 10.6 Å². The number of sulfone groups is 1. The molecule has 0 saturated heterocycles. The summed E-state index contributed by atoms with van der Waals surface area (Å²) in [5.41, 5.74) is 1.58. The summed E-state index contributed by atoms with van der Waals surface area (Å²) < 4.78 is 30.9. The number of halogens is 1. The molecule has 2 aromatic carbocycles. The lowest BCUT2D eigenvalue weighted by Crippen LogP contribution is -2.16. The van der Waals surface area contributed by atoms with Crippen LogP contribution in [0.15, 0.2) is 53.6 Å². The number of para-hydroxylation sites is 1. The van der Waals surface area contributed by atoms with Crippen molar-refractivity contribution in [3.63, 3.8) is 0 Å².